The maximum absolute atomic E-state index is 11.0. The number of ether oxygens (including phenoxy) is 1. The molecule has 0 atom stereocenters. The smallest absolute Gasteiger partial charge is 0.278 e. The molecule has 2 heterocycles. The number of rotatable bonds is 5. The summed E-state index contributed by atoms with van der Waals surface area (Å²) in [6.45, 7) is 4.65. The fourth-order valence-corrected chi connectivity index (χ4v) is 2.45. The van der Waals surface area contributed by atoms with Gasteiger partial charge in [-0.1, -0.05) is 12.1 Å². The Bertz CT molecular complexity index is 789. The Hall–Kier alpha value is -3.07. The van der Waals surface area contributed by atoms with E-state index in [2.05, 4.69) is 20.5 Å². The van der Waals surface area contributed by atoms with Crippen LogP contribution in [0.2, 0.25) is 0 Å². The van der Waals surface area contributed by atoms with E-state index in [1.807, 2.05) is 11.8 Å². The van der Waals surface area contributed by atoms with Crippen LogP contribution >= 0.6 is 0 Å². The molecular formula is C16H18N6O3. The molecule has 1 saturated heterocycles. The molecule has 0 radical (unpaired) electrons. The summed E-state index contributed by atoms with van der Waals surface area (Å²) in [4.78, 5) is 21.5. The van der Waals surface area contributed by atoms with Crippen LogP contribution in [0.3, 0.4) is 0 Å². The molecule has 1 aromatic carbocycles. The quantitative estimate of drug-likeness (QED) is 0.503. The first-order valence-corrected chi connectivity index (χ1v) is 7.84. The minimum atomic E-state index is -0.438. The molecule has 1 aliphatic heterocycles. The molecule has 25 heavy (non-hydrogen) atoms. The van der Waals surface area contributed by atoms with Crippen molar-refractivity contribution in [2.24, 2.45) is 5.10 Å². The average molecular weight is 342 g/mol. The summed E-state index contributed by atoms with van der Waals surface area (Å²) >= 11 is 0. The highest BCUT2D eigenvalue weighted by molar-refractivity contribution is 5.85. The second-order valence-electron chi connectivity index (χ2n) is 5.48. The summed E-state index contributed by atoms with van der Waals surface area (Å²) in [5.41, 5.74) is 4.04. The van der Waals surface area contributed by atoms with Crippen LogP contribution in [-0.4, -0.2) is 47.4 Å². The minimum Gasteiger partial charge on any atom is -0.378 e. The van der Waals surface area contributed by atoms with E-state index in [-0.39, 0.29) is 5.69 Å². The second-order valence-corrected chi connectivity index (χ2v) is 5.48. The number of benzene rings is 1. The minimum absolute atomic E-state index is 0.000855. The van der Waals surface area contributed by atoms with E-state index in [4.69, 9.17) is 4.74 Å². The largest absolute Gasteiger partial charge is 0.378 e. The number of hydrazone groups is 1. The maximum Gasteiger partial charge on any atom is 0.278 e. The van der Waals surface area contributed by atoms with Crippen molar-refractivity contribution in [2.75, 3.05) is 36.6 Å². The lowest BCUT2D eigenvalue weighted by molar-refractivity contribution is -0.385. The van der Waals surface area contributed by atoms with Gasteiger partial charge in [0.2, 0.25) is 5.95 Å². The summed E-state index contributed by atoms with van der Waals surface area (Å²) in [6.07, 6.45) is 1.41. The number of nitro benzene ring substituents is 1. The molecule has 130 valence electrons. The molecule has 1 fully saturated rings. The molecule has 0 aliphatic carbocycles. The fraction of sp³-hybridized carbons (Fsp3) is 0.312. The maximum atomic E-state index is 11.0. The summed E-state index contributed by atoms with van der Waals surface area (Å²) in [6, 6.07) is 8.17. The predicted octanol–water partition coefficient (Wildman–Crippen LogP) is 1.98. The van der Waals surface area contributed by atoms with Gasteiger partial charge >= 0.3 is 0 Å². The van der Waals surface area contributed by atoms with Gasteiger partial charge in [-0.3, -0.25) is 15.5 Å². The standard InChI is InChI=1S/C16H18N6O3/c1-12-10-15(19-16(18-12)21-6-8-25-9-7-21)20-17-11-13-4-2-3-5-14(13)22(23)24/h2-5,10-11H,6-9H2,1H3,(H,18,19,20)/b17-11-. The van der Waals surface area contributed by atoms with E-state index >= 15 is 0 Å². The number of anilines is 2. The van der Waals surface area contributed by atoms with Crippen LogP contribution in [0.1, 0.15) is 11.3 Å². The van der Waals surface area contributed by atoms with Crippen LogP contribution in [-0.2, 0) is 4.74 Å². The average Bonchev–Trinajstić information content (AvgIpc) is 2.62. The van der Waals surface area contributed by atoms with Gasteiger partial charge in [-0.2, -0.15) is 10.1 Å². The molecule has 1 aliphatic rings. The molecule has 3 rings (SSSR count). The van der Waals surface area contributed by atoms with Gasteiger partial charge in [0.05, 0.1) is 29.9 Å². The lowest BCUT2D eigenvalue weighted by Crippen LogP contribution is -2.37. The monoisotopic (exact) mass is 342 g/mol. The lowest BCUT2D eigenvalue weighted by Gasteiger charge is -2.27. The molecule has 0 unspecified atom stereocenters. The molecule has 0 bridgehead atoms. The van der Waals surface area contributed by atoms with Gasteiger partial charge in [0.15, 0.2) is 5.82 Å². The zero-order valence-corrected chi connectivity index (χ0v) is 13.8. The summed E-state index contributed by atoms with van der Waals surface area (Å²) in [5.74, 6) is 1.15. The number of hydrogen-bond donors (Lipinski definition) is 1. The van der Waals surface area contributed by atoms with Crippen molar-refractivity contribution in [3.63, 3.8) is 0 Å². The first kappa shape index (κ1) is 16.8. The molecule has 2 aromatic rings. The molecule has 0 saturated carbocycles. The van der Waals surface area contributed by atoms with Gasteiger partial charge in [-0.05, 0) is 13.0 Å². The van der Waals surface area contributed by atoms with E-state index in [1.54, 1.807) is 24.3 Å². The van der Waals surface area contributed by atoms with Gasteiger partial charge < -0.3 is 9.64 Å². The Morgan fingerprint density at radius 2 is 2.08 bits per heavy atom. The topological polar surface area (TPSA) is 106 Å². The lowest BCUT2D eigenvalue weighted by atomic mass is 10.2. The number of aryl methyl sites for hydroxylation is 1. The van der Waals surface area contributed by atoms with Crippen molar-refractivity contribution in [1.82, 2.24) is 9.97 Å². The van der Waals surface area contributed by atoms with Crippen LogP contribution in [0.25, 0.3) is 0 Å². The number of nitro groups is 1. The summed E-state index contributed by atoms with van der Waals surface area (Å²) in [7, 11) is 0. The third-order valence-corrected chi connectivity index (χ3v) is 3.65. The van der Waals surface area contributed by atoms with E-state index in [0.29, 0.717) is 30.5 Å². The Morgan fingerprint density at radius 1 is 1.32 bits per heavy atom. The van der Waals surface area contributed by atoms with Crippen molar-refractivity contribution in [3.05, 3.63) is 51.7 Å². The third-order valence-electron chi connectivity index (χ3n) is 3.65. The van der Waals surface area contributed by atoms with Crippen LogP contribution in [0.15, 0.2) is 35.4 Å². The van der Waals surface area contributed by atoms with E-state index < -0.39 is 4.92 Å². The zero-order chi connectivity index (χ0) is 17.6. The number of hydrogen-bond acceptors (Lipinski definition) is 8. The number of para-hydroxylation sites is 1. The zero-order valence-electron chi connectivity index (χ0n) is 13.8. The Morgan fingerprint density at radius 3 is 2.84 bits per heavy atom. The third kappa shape index (κ3) is 4.27. The number of morpholine rings is 1. The predicted molar refractivity (Wildman–Crippen MR) is 94.1 cm³/mol. The van der Waals surface area contributed by atoms with Crippen molar-refractivity contribution in [2.45, 2.75) is 6.92 Å². The van der Waals surface area contributed by atoms with Crippen molar-refractivity contribution >= 4 is 23.7 Å². The molecule has 9 nitrogen and oxygen atoms in total. The van der Waals surface area contributed by atoms with Crippen LogP contribution in [0.5, 0.6) is 0 Å². The Labute approximate surface area is 144 Å². The van der Waals surface area contributed by atoms with Crippen molar-refractivity contribution in [1.29, 1.82) is 0 Å². The fourth-order valence-electron chi connectivity index (χ4n) is 2.45. The molecule has 1 aromatic heterocycles. The van der Waals surface area contributed by atoms with Crippen LogP contribution in [0, 0.1) is 17.0 Å². The highest BCUT2D eigenvalue weighted by atomic mass is 16.6. The van der Waals surface area contributed by atoms with Crippen LogP contribution < -0.4 is 10.3 Å². The first-order chi connectivity index (χ1) is 12.1. The summed E-state index contributed by atoms with van der Waals surface area (Å²) < 4.78 is 5.33. The van der Waals surface area contributed by atoms with E-state index in [0.717, 1.165) is 18.8 Å². The number of nitrogens with zero attached hydrogens (tertiary/aromatic N) is 5. The normalized spacial score (nSPS) is 14.7. The van der Waals surface area contributed by atoms with Gasteiger partial charge in [-0.25, -0.2) is 4.98 Å². The molecular weight excluding hydrogens is 324 g/mol. The SMILES string of the molecule is Cc1cc(N/N=C\c2ccccc2[N+](=O)[O-])nc(N2CCOCC2)n1. The highest BCUT2D eigenvalue weighted by Gasteiger charge is 2.15. The van der Waals surface area contributed by atoms with Crippen molar-refractivity contribution < 1.29 is 9.66 Å². The van der Waals surface area contributed by atoms with Gasteiger partial charge in [0.25, 0.3) is 5.69 Å². The molecule has 0 spiro atoms. The van der Waals surface area contributed by atoms with Crippen LogP contribution in [0.4, 0.5) is 17.5 Å². The number of nitrogens with one attached hydrogen (secondary N) is 1. The van der Waals surface area contributed by atoms with E-state index in [1.165, 1.54) is 12.3 Å². The summed E-state index contributed by atoms with van der Waals surface area (Å²) in [5, 5.41) is 15.1. The molecule has 1 N–H and O–H groups in total. The van der Waals surface area contributed by atoms with Crippen molar-refractivity contribution in [3.8, 4) is 0 Å². The van der Waals surface area contributed by atoms with E-state index in [9.17, 15) is 10.1 Å². The highest BCUT2D eigenvalue weighted by Crippen LogP contribution is 2.17. The Kier molecular flexibility index (Phi) is 5.14. The first-order valence-electron chi connectivity index (χ1n) is 7.84. The second kappa shape index (κ2) is 7.67. The Balaban J connectivity index is 1.75. The molecule has 0 amide bonds. The number of aromatic nitrogens is 2. The molecule has 9 heteroatoms. The van der Waals surface area contributed by atoms with Gasteiger partial charge in [0.1, 0.15) is 0 Å². The van der Waals surface area contributed by atoms with Gasteiger partial charge in [-0.15, -0.1) is 0 Å². The van der Waals surface area contributed by atoms with Gasteiger partial charge in [0, 0.05) is 30.9 Å².